The normalized spacial score (nSPS) is 14.2. The van der Waals surface area contributed by atoms with Crippen molar-refractivity contribution in [2.24, 2.45) is 0 Å². The zero-order valence-corrected chi connectivity index (χ0v) is 17.5. The minimum Gasteiger partial charge on any atom is -0.353 e. The Morgan fingerprint density at radius 3 is 2.55 bits per heavy atom. The van der Waals surface area contributed by atoms with Crippen LogP contribution >= 0.6 is 11.8 Å². The van der Waals surface area contributed by atoms with Crippen LogP contribution in [0.5, 0.6) is 0 Å². The minimum absolute atomic E-state index is 0.118. The van der Waals surface area contributed by atoms with Crippen LogP contribution in [-0.4, -0.2) is 40.3 Å². The predicted octanol–water partition coefficient (Wildman–Crippen LogP) is 3.21. The molecule has 1 saturated heterocycles. The van der Waals surface area contributed by atoms with Gasteiger partial charge in [-0.1, -0.05) is 35.9 Å². The molecule has 1 aliphatic rings. The van der Waals surface area contributed by atoms with E-state index >= 15 is 0 Å². The number of aryl methyl sites for hydroxylation is 2. The van der Waals surface area contributed by atoms with E-state index in [0.717, 1.165) is 52.6 Å². The van der Waals surface area contributed by atoms with E-state index in [9.17, 15) is 9.59 Å². The lowest BCUT2D eigenvalue weighted by Crippen LogP contribution is -2.37. The third-order valence-electron chi connectivity index (χ3n) is 5.11. The van der Waals surface area contributed by atoms with Gasteiger partial charge in [-0.3, -0.25) is 9.59 Å². The Bertz CT molecular complexity index is 1120. The van der Waals surface area contributed by atoms with Crippen LogP contribution < -0.4 is 15.8 Å². The standard InChI is InChI=1S/C22H24N4O2S/c1-15-7-8-19(16(2)13-15)23-20(27)14-26-22(28)18-6-4-3-5-17(18)21(24-26)25-9-11-29-12-10-25/h3-8,13H,9-12,14H2,1-2H3,(H,23,27). The number of amides is 1. The van der Waals surface area contributed by atoms with Crippen LogP contribution in [0.4, 0.5) is 11.5 Å². The van der Waals surface area contributed by atoms with E-state index in [2.05, 4.69) is 15.3 Å². The number of carbonyl (C=O) groups excluding carboxylic acids is 1. The lowest BCUT2D eigenvalue weighted by Gasteiger charge is -2.28. The molecule has 3 aromatic rings. The van der Waals surface area contributed by atoms with Crippen LogP contribution in [0.25, 0.3) is 10.8 Å². The molecule has 2 heterocycles. The molecule has 0 saturated carbocycles. The minimum atomic E-state index is -0.262. The molecule has 0 bridgehead atoms. The summed E-state index contributed by atoms with van der Waals surface area (Å²) in [6.45, 7) is 5.61. The number of rotatable bonds is 4. The summed E-state index contributed by atoms with van der Waals surface area (Å²) in [5, 5.41) is 8.94. The number of aromatic nitrogens is 2. The maximum atomic E-state index is 13.0. The topological polar surface area (TPSA) is 67.2 Å². The van der Waals surface area contributed by atoms with Crippen molar-refractivity contribution in [1.29, 1.82) is 0 Å². The van der Waals surface area contributed by atoms with Crippen LogP contribution in [-0.2, 0) is 11.3 Å². The molecule has 7 heteroatoms. The molecule has 1 aliphatic heterocycles. The van der Waals surface area contributed by atoms with Crippen LogP contribution in [0.3, 0.4) is 0 Å². The zero-order valence-electron chi connectivity index (χ0n) is 16.6. The molecular formula is C22H24N4O2S. The summed E-state index contributed by atoms with van der Waals surface area (Å²) in [5.74, 6) is 2.58. The summed E-state index contributed by atoms with van der Waals surface area (Å²) in [4.78, 5) is 27.8. The Kier molecular flexibility index (Phi) is 5.58. The fourth-order valence-electron chi connectivity index (χ4n) is 3.61. The van der Waals surface area contributed by atoms with Gasteiger partial charge >= 0.3 is 0 Å². The van der Waals surface area contributed by atoms with Gasteiger partial charge in [-0.05, 0) is 31.5 Å². The van der Waals surface area contributed by atoms with Crippen LogP contribution in [0.1, 0.15) is 11.1 Å². The Morgan fingerprint density at radius 2 is 1.83 bits per heavy atom. The van der Waals surface area contributed by atoms with Crippen molar-refractivity contribution >= 4 is 39.9 Å². The van der Waals surface area contributed by atoms with E-state index in [4.69, 9.17) is 0 Å². The van der Waals surface area contributed by atoms with Gasteiger partial charge in [0.1, 0.15) is 6.54 Å². The predicted molar refractivity (Wildman–Crippen MR) is 120 cm³/mol. The third kappa shape index (κ3) is 4.15. The maximum Gasteiger partial charge on any atom is 0.275 e. The van der Waals surface area contributed by atoms with Crippen molar-refractivity contribution in [1.82, 2.24) is 9.78 Å². The molecule has 1 N–H and O–H groups in total. The van der Waals surface area contributed by atoms with Crippen molar-refractivity contribution < 1.29 is 4.79 Å². The maximum absolute atomic E-state index is 13.0. The fraction of sp³-hybridized carbons (Fsp3) is 0.318. The van der Waals surface area contributed by atoms with E-state index in [-0.39, 0.29) is 18.0 Å². The summed E-state index contributed by atoms with van der Waals surface area (Å²) in [7, 11) is 0. The number of hydrogen-bond acceptors (Lipinski definition) is 5. The van der Waals surface area contributed by atoms with Gasteiger partial charge in [-0.2, -0.15) is 16.9 Å². The van der Waals surface area contributed by atoms with E-state index in [1.165, 1.54) is 4.68 Å². The lowest BCUT2D eigenvalue weighted by atomic mass is 10.1. The Morgan fingerprint density at radius 1 is 1.10 bits per heavy atom. The Balaban J connectivity index is 1.67. The van der Waals surface area contributed by atoms with Gasteiger partial charge in [0, 0.05) is 35.7 Å². The molecule has 1 fully saturated rings. The second kappa shape index (κ2) is 8.29. The molecule has 0 atom stereocenters. The third-order valence-corrected chi connectivity index (χ3v) is 6.05. The fourth-order valence-corrected chi connectivity index (χ4v) is 4.52. The molecular weight excluding hydrogens is 384 g/mol. The van der Waals surface area contributed by atoms with Gasteiger partial charge in [-0.25, -0.2) is 4.68 Å². The molecule has 29 heavy (non-hydrogen) atoms. The van der Waals surface area contributed by atoms with E-state index in [0.29, 0.717) is 5.39 Å². The van der Waals surface area contributed by atoms with Gasteiger partial charge < -0.3 is 10.2 Å². The summed E-state index contributed by atoms with van der Waals surface area (Å²) in [6, 6.07) is 13.4. The molecule has 2 aromatic carbocycles. The number of nitrogens with zero attached hydrogens (tertiary/aromatic N) is 3. The Labute approximate surface area is 173 Å². The second-order valence-electron chi connectivity index (χ2n) is 7.30. The molecule has 1 amide bonds. The smallest absolute Gasteiger partial charge is 0.275 e. The number of benzene rings is 2. The largest absolute Gasteiger partial charge is 0.353 e. The highest BCUT2D eigenvalue weighted by Crippen LogP contribution is 2.24. The number of carbonyl (C=O) groups is 1. The SMILES string of the molecule is Cc1ccc(NC(=O)Cn2nc(N3CCSCC3)c3ccccc3c2=O)c(C)c1. The first-order valence-corrected chi connectivity index (χ1v) is 10.9. The van der Waals surface area contributed by atoms with Gasteiger partial charge in [-0.15, -0.1) is 0 Å². The highest BCUT2D eigenvalue weighted by molar-refractivity contribution is 7.99. The van der Waals surface area contributed by atoms with Gasteiger partial charge in [0.2, 0.25) is 5.91 Å². The molecule has 1 aromatic heterocycles. The van der Waals surface area contributed by atoms with Crippen molar-refractivity contribution in [3.63, 3.8) is 0 Å². The van der Waals surface area contributed by atoms with Gasteiger partial charge in [0.05, 0.1) is 5.39 Å². The number of nitrogens with one attached hydrogen (secondary N) is 1. The molecule has 0 radical (unpaired) electrons. The van der Waals surface area contributed by atoms with Crippen molar-refractivity contribution in [3.05, 3.63) is 63.9 Å². The van der Waals surface area contributed by atoms with Crippen molar-refractivity contribution in [3.8, 4) is 0 Å². The Hall–Kier alpha value is -2.80. The van der Waals surface area contributed by atoms with Gasteiger partial charge in [0.15, 0.2) is 5.82 Å². The van der Waals surface area contributed by atoms with E-state index in [1.807, 2.05) is 62.0 Å². The average molecular weight is 409 g/mol. The molecule has 4 rings (SSSR count). The molecule has 0 unspecified atom stereocenters. The molecule has 150 valence electrons. The summed E-state index contributed by atoms with van der Waals surface area (Å²) < 4.78 is 1.29. The second-order valence-corrected chi connectivity index (χ2v) is 8.52. The highest BCUT2D eigenvalue weighted by atomic mass is 32.2. The summed E-state index contributed by atoms with van der Waals surface area (Å²) in [6.07, 6.45) is 0. The van der Waals surface area contributed by atoms with Crippen LogP contribution in [0.2, 0.25) is 0 Å². The zero-order chi connectivity index (χ0) is 20.4. The first-order valence-electron chi connectivity index (χ1n) is 9.72. The first kappa shape index (κ1) is 19.5. The summed E-state index contributed by atoms with van der Waals surface area (Å²) in [5.41, 5.74) is 2.63. The monoisotopic (exact) mass is 408 g/mol. The van der Waals surface area contributed by atoms with Crippen LogP contribution in [0, 0.1) is 13.8 Å². The number of fused-ring (bicyclic) bond motifs is 1. The number of hydrogen-bond donors (Lipinski definition) is 1. The van der Waals surface area contributed by atoms with Crippen LogP contribution in [0.15, 0.2) is 47.3 Å². The first-order chi connectivity index (χ1) is 14.0. The summed E-state index contributed by atoms with van der Waals surface area (Å²) >= 11 is 1.92. The lowest BCUT2D eigenvalue weighted by molar-refractivity contribution is -0.117. The average Bonchev–Trinajstić information content (AvgIpc) is 2.73. The van der Waals surface area contributed by atoms with Gasteiger partial charge in [0.25, 0.3) is 5.56 Å². The quantitative estimate of drug-likeness (QED) is 0.718. The molecule has 0 aliphatic carbocycles. The van der Waals surface area contributed by atoms with Crippen molar-refractivity contribution in [2.75, 3.05) is 34.8 Å². The number of anilines is 2. The van der Waals surface area contributed by atoms with E-state index in [1.54, 1.807) is 6.07 Å². The van der Waals surface area contributed by atoms with Crippen molar-refractivity contribution in [2.45, 2.75) is 20.4 Å². The van der Waals surface area contributed by atoms with E-state index < -0.39 is 0 Å². The molecule has 0 spiro atoms. The highest BCUT2D eigenvalue weighted by Gasteiger charge is 2.19. The molecule has 6 nitrogen and oxygen atoms in total. The number of thioether (sulfide) groups is 1.